The van der Waals surface area contributed by atoms with Crippen LogP contribution in [0, 0.1) is 11.3 Å². The Balaban J connectivity index is 1.77. The molecule has 0 saturated carbocycles. The largest absolute Gasteiger partial charge is 0.488 e. The Bertz CT molecular complexity index is 1280. The van der Waals surface area contributed by atoms with E-state index >= 15 is 0 Å². The summed E-state index contributed by atoms with van der Waals surface area (Å²) < 4.78 is 12.0. The molecule has 2 unspecified atom stereocenters. The second-order valence-electron chi connectivity index (χ2n) is 12.5. The first-order chi connectivity index (χ1) is 20.0. The van der Waals surface area contributed by atoms with Gasteiger partial charge in [-0.15, -0.1) is 0 Å². The van der Waals surface area contributed by atoms with Crippen molar-refractivity contribution in [1.29, 1.82) is 0 Å². The Morgan fingerprint density at radius 1 is 0.690 bits per heavy atom. The number of rotatable bonds is 15. The molecule has 2 atom stereocenters. The van der Waals surface area contributed by atoms with Gasteiger partial charge in [-0.1, -0.05) is 97.7 Å². The minimum atomic E-state index is -0.439. The Labute approximate surface area is 253 Å². The zero-order valence-corrected chi connectivity index (χ0v) is 27.0. The van der Waals surface area contributed by atoms with E-state index in [2.05, 4.69) is 71.0 Å². The van der Waals surface area contributed by atoms with E-state index in [0.29, 0.717) is 22.8 Å². The lowest BCUT2D eigenvalue weighted by Crippen LogP contribution is -2.30. The summed E-state index contributed by atoms with van der Waals surface area (Å²) in [6.45, 7) is 16.9. The van der Waals surface area contributed by atoms with Crippen LogP contribution in [-0.4, -0.2) is 17.4 Å². The number of ketones is 1. The minimum Gasteiger partial charge on any atom is -0.488 e. The number of hydrogen-bond donors (Lipinski definition) is 0. The fourth-order valence-corrected chi connectivity index (χ4v) is 5.18. The number of carbonyl (C=O) groups is 2. The van der Waals surface area contributed by atoms with Crippen LogP contribution in [0.4, 0.5) is 0 Å². The summed E-state index contributed by atoms with van der Waals surface area (Å²) in [7, 11) is 0. The third kappa shape index (κ3) is 8.33. The molecule has 3 aromatic carbocycles. The van der Waals surface area contributed by atoms with Gasteiger partial charge in [0, 0.05) is 16.9 Å². The summed E-state index contributed by atoms with van der Waals surface area (Å²) in [4.78, 5) is 25.6. The Kier molecular flexibility index (Phi) is 11.6. The van der Waals surface area contributed by atoms with Gasteiger partial charge in [-0.05, 0) is 86.1 Å². The van der Waals surface area contributed by atoms with Crippen molar-refractivity contribution in [3.63, 3.8) is 0 Å². The van der Waals surface area contributed by atoms with Crippen molar-refractivity contribution in [2.75, 3.05) is 0 Å². The Hall–Kier alpha value is -3.40. The first-order valence-corrected chi connectivity index (χ1v) is 15.7. The highest BCUT2D eigenvalue weighted by atomic mass is 16.5. The van der Waals surface area contributed by atoms with Crippen molar-refractivity contribution >= 4 is 11.8 Å². The third-order valence-corrected chi connectivity index (χ3v) is 9.01. The van der Waals surface area contributed by atoms with Crippen LogP contribution < -0.4 is 9.47 Å². The van der Waals surface area contributed by atoms with Crippen molar-refractivity contribution < 1.29 is 19.1 Å². The van der Waals surface area contributed by atoms with E-state index in [1.807, 2.05) is 32.9 Å². The Morgan fingerprint density at radius 2 is 1.19 bits per heavy atom. The minimum absolute atomic E-state index is 0.0748. The molecule has 0 spiro atoms. The summed E-state index contributed by atoms with van der Waals surface area (Å²) in [5.74, 6) is 1.70. The highest BCUT2D eigenvalue weighted by Gasteiger charge is 2.27. The molecular weight excluding hydrogens is 520 g/mol. The van der Waals surface area contributed by atoms with E-state index in [0.717, 1.165) is 37.9 Å². The van der Waals surface area contributed by atoms with Crippen LogP contribution in [0.1, 0.15) is 132 Å². The quantitative estimate of drug-likeness (QED) is 0.104. The highest BCUT2D eigenvalue weighted by Crippen LogP contribution is 2.37. The van der Waals surface area contributed by atoms with Gasteiger partial charge in [0.15, 0.2) is 5.78 Å². The van der Waals surface area contributed by atoms with Crippen LogP contribution in [0.5, 0.6) is 11.5 Å². The molecule has 42 heavy (non-hydrogen) atoms. The van der Waals surface area contributed by atoms with Gasteiger partial charge in [0.05, 0.1) is 5.56 Å². The normalized spacial score (nSPS) is 13.3. The van der Waals surface area contributed by atoms with Gasteiger partial charge in [0.25, 0.3) is 0 Å². The van der Waals surface area contributed by atoms with Crippen LogP contribution in [0.25, 0.3) is 0 Å². The van der Waals surface area contributed by atoms with Crippen molar-refractivity contribution in [2.24, 2.45) is 11.3 Å². The van der Waals surface area contributed by atoms with Gasteiger partial charge in [-0.2, -0.15) is 0 Å². The van der Waals surface area contributed by atoms with Crippen LogP contribution in [-0.2, 0) is 0 Å². The SMILES string of the molecule is CCCCC(C)C(c1ccc(OC(=O)c2ccc(C(=O)C(C)(C)CC)cc2)cc1)c1ccc(OC(C)(CC)CC)cc1. The maximum atomic E-state index is 12.9. The molecule has 226 valence electrons. The lowest BCUT2D eigenvalue weighted by molar-refractivity contribution is 0.0733. The molecule has 4 nitrogen and oxygen atoms in total. The first-order valence-electron chi connectivity index (χ1n) is 15.7. The molecule has 0 aliphatic carbocycles. The molecule has 0 bridgehead atoms. The number of ether oxygens (including phenoxy) is 2. The van der Waals surface area contributed by atoms with Gasteiger partial charge in [-0.3, -0.25) is 4.79 Å². The van der Waals surface area contributed by atoms with Crippen LogP contribution in [0.15, 0.2) is 72.8 Å². The zero-order valence-electron chi connectivity index (χ0n) is 27.0. The Morgan fingerprint density at radius 3 is 1.67 bits per heavy atom. The number of carbonyl (C=O) groups excluding carboxylic acids is 2. The molecular formula is C38H50O4. The van der Waals surface area contributed by atoms with Crippen molar-refractivity contribution in [3.8, 4) is 11.5 Å². The highest BCUT2D eigenvalue weighted by molar-refractivity contribution is 6.01. The zero-order chi connectivity index (χ0) is 30.9. The standard InChI is InChI=1S/C38H50O4/c1-9-13-14-27(5)34(29-21-25-33(26-22-29)42-38(8,11-3)12-4)28-19-23-32(24-20-28)41-36(40)31-17-15-30(16-18-31)35(39)37(6,7)10-2/h15-27,34H,9-14H2,1-8H3. The number of benzene rings is 3. The van der Waals surface area contributed by atoms with E-state index in [1.54, 1.807) is 24.3 Å². The summed E-state index contributed by atoms with van der Waals surface area (Å²) >= 11 is 0. The average molecular weight is 571 g/mol. The van der Waals surface area contributed by atoms with Gasteiger partial charge in [-0.25, -0.2) is 4.79 Å². The molecule has 0 aliphatic rings. The molecule has 0 aliphatic heterocycles. The lowest BCUT2D eigenvalue weighted by atomic mass is 9.79. The summed E-state index contributed by atoms with van der Waals surface area (Å²) in [6.07, 6.45) is 6.15. The number of Topliss-reactive ketones (excluding diaryl/α,β-unsaturated/α-hetero) is 1. The monoisotopic (exact) mass is 570 g/mol. The smallest absolute Gasteiger partial charge is 0.343 e. The van der Waals surface area contributed by atoms with Crippen molar-refractivity contribution in [2.45, 2.75) is 105 Å². The maximum Gasteiger partial charge on any atom is 0.343 e. The van der Waals surface area contributed by atoms with E-state index in [-0.39, 0.29) is 17.3 Å². The summed E-state index contributed by atoms with van der Waals surface area (Å²) in [6, 6.07) is 23.2. The fourth-order valence-electron chi connectivity index (χ4n) is 5.18. The summed E-state index contributed by atoms with van der Waals surface area (Å²) in [5.41, 5.74) is 2.88. The van der Waals surface area contributed by atoms with Crippen LogP contribution in [0.3, 0.4) is 0 Å². The predicted molar refractivity (Wildman–Crippen MR) is 173 cm³/mol. The number of hydrogen-bond acceptors (Lipinski definition) is 4. The first kappa shape index (κ1) is 33.1. The molecule has 0 fully saturated rings. The molecule has 0 saturated heterocycles. The second-order valence-corrected chi connectivity index (χ2v) is 12.5. The summed E-state index contributed by atoms with van der Waals surface area (Å²) in [5, 5.41) is 0. The molecule has 4 heteroatoms. The molecule has 0 radical (unpaired) electrons. The molecule has 3 rings (SSSR count). The number of esters is 1. The van der Waals surface area contributed by atoms with Crippen molar-refractivity contribution in [3.05, 3.63) is 95.1 Å². The van der Waals surface area contributed by atoms with E-state index < -0.39 is 11.4 Å². The number of unbranched alkanes of at least 4 members (excludes halogenated alkanes) is 1. The van der Waals surface area contributed by atoms with Crippen molar-refractivity contribution in [1.82, 2.24) is 0 Å². The maximum absolute atomic E-state index is 12.9. The van der Waals surface area contributed by atoms with E-state index in [9.17, 15) is 9.59 Å². The average Bonchev–Trinajstić information content (AvgIpc) is 3.01. The third-order valence-electron chi connectivity index (χ3n) is 9.01. The fraction of sp³-hybridized carbons (Fsp3) is 0.474. The topological polar surface area (TPSA) is 52.6 Å². The van der Waals surface area contributed by atoms with E-state index in [4.69, 9.17) is 9.47 Å². The molecule has 0 heterocycles. The predicted octanol–water partition coefficient (Wildman–Crippen LogP) is 10.4. The lowest BCUT2D eigenvalue weighted by Gasteiger charge is -2.29. The van der Waals surface area contributed by atoms with Gasteiger partial charge in [0.2, 0.25) is 0 Å². The van der Waals surface area contributed by atoms with Gasteiger partial charge < -0.3 is 9.47 Å². The molecule has 0 N–H and O–H groups in total. The van der Waals surface area contributed by atoms with E-state index in [1.165, 1.54) is 17.5 Å². The van der Waals surface area contributed by atoms with Gasteiger partial charge >= 0.3 is 5.97 Å². The van der Waals surface area contributed by atoms with Gasteiger partial charge in [0.1, 0.15) is 17.1 Å². The molecule has 3 aromatic rings. The van der Waals surface area contributed by atoms with Crippen LogP contribution >= 0.6 is 0 Å². The van der Waals surface area contributed by atoms with Crippen LogP contribution in [0.2, 0.25) is 0 Å². The molecule has 0 amide bonds. The molecule has 0 aromatic heterocycles. The second kappa shape index (κ2) is 14.7.